The molecule has 0 aliphatic carbocycles. The number of rotatable bonds is 4. The SMILES string of the molecule is O=S(=O)(Nc1ccncc1-c1ccncc1)c1ccccc1. The van der Waals surface area contributed by atoms with Crippen LogP contribution in [0.2, 0.25) is 0 Å². The lowest BCUT2D eigenvalue weighted by molar-refractivity contribution is 0.601. The molecular formula is C16H13N3O2S. The lowest BCUT2D eigenvalue weighted by atomic mass is 10.1. The number of pyridine rings is 2. The van der Waals surface area contributed by atoms with Gasteiger partial charge in [0.05, 0.1) is 10.6 Å². The molecule has 0 saturated heterocycles. The standard InChI is InChI=1S/C16H13N3O2S/c20-22(21,14-4-2-1-3-5-14)19-16-8-11-18-12-15(16)13-6-9-17-10-7-13/h1-12H,(H,18,19). The topological polar surface area (TPSA) is 72.0 Å². The molecule has 22 heavy (non-hydrogen) atoms. The van der Waals surface area contributed by atoms with Gasteiger partial charge in [0.25, 0.3) is 10.0 Å². The van der Waals surface area contributed by atoms with Crippen molar-refractivity contribution in [2.24, 2.45) is 0 Å². The number of nitrogens with zero attached hydrogens (tertiary/aromatic N) is 2. The van der Waals surface area contributed by atoms with Gasteiger partial charge in [-0.05, 0) is 35.9 Å². The minimum atomic E-state index is -3.64. The Morgan fingerprint density at radius 3 is 2.23 bits per heavy atom. The maximum Gasteiger partial charge on any atom is 0.261 e. The van der Waals surface area contributed by atoms with Crippen molar-refractivity contribution in [1.29, 1.82) is 0 Å². The van der Waals surface area contributed by atoms with Crippen LogP contribution in [0.25, 0.3) is 11.1 Å². The summed E-state index contributed by atoms with van der Waals surface area (Å²) in [5.74, 6) is 0. The Balaban J connectivity index is 2.01. The molecule has 0 amide bonds. The van der Waals surface area contributed by atoms with Crippen molar-refractivity contribution in [1.82, 2.24) is 9.97 Å². The third-order valence-corrected chi connectivity index (χ3v) is 4.49. The van der Waals surface area contributed by atoms with E-state index in [2.05, 4.69) is 14.7 Å². The summed E-state index contributed by atoms with van der Waals surface area (Å²) in [7, 11) is -3.64. The van der Waals surface area contributed by atoms with Gasteiger partial charge in [-0.1, -0.05) is 18.2 Å². The van der Waals surface area contributed by atoms with E-state index in [-0.39, 0.29) is 4.90 Å². The molecule has 3 rings (SSSR count). The third-order valence-electron chi connectivity index (χ3n) is 3.11. The average molecular weight is 311 g/mol. The predicted octanol–water partition coefficient (Wildman–Crippen LogP) is 2.94. The van der Waals surface area contributed by atoms with E-state index < -0.39 is 10.0 Å². The molecule has 2 heterocycles. The summed E-state index contributed by atoms with van der Waals surface area (Å²) in [5.41, 5.74) is 2.02. The minimum absolute atomic E-state index is 0.215. The number of benzene rings is 1. The Labute approximate surface area is 128 Å². The highest BCUT2D eigenvalue weighted by Gasteiger charge is 2.16. The van der Waals surface area contributed by atoms with Crippen molar-refractivity contribution < 1.29 is 8.42 Å². The van der Waals surface area contributed by atoms with Crippen molar-refractivity contribution in [2.75, 3.05) is 4.72 Å². The molecule has 0 aliphatic rings. The van der Waals surface area contributed by atoms with Crippen molar-refractivity contribution in [3.63, 3.8) is 0 Å². The number of hydrogen-bond donors (Lipinski definition) is 1. The lowest BCUT2D eigenvalue weighted by Crippen LogP contribution is -2.13. The monoisotopic (exact) mass is 311 g/mol. The van der Waals surface area contributed by atoms with Gasteiger partial charge in [-0.25, -0.2) is 8.42 Å². The molecule has 6 heteroatoms. The fraction of sp³-hybridized carbons (Fsp3) is 0. The van der Waals surface area contributed by atoms with Gasteiger partial charge in [-0.3, -0.25) is 14.7 Å². The van der Waals surface area contributed by atoms with Crippen molar-refractivity contribution in [3.8, 4) is 11.1 Å². The highest BCUT2D eigenvalue weighted by molar-refractivity contribution is 7.92. The Hall–Kier alpha value is -2.73. The van der Waals surface area contributed by atoms with Crippen LogP contribution >= 0.6 is 0 Å². The van der Waals surface area contributed by atoms with E-state index in [1.165, 1.54) is 0 Å². The Bertz CT molecular complexity index is 866. The molecule has 0 saturated carbocycles. The second kappa shape index (κ2) is 5.95. The zero-order valence-electron chi connectivity index (χ0n) is 11.5. The van der Waals surface area contributed by atoms with Crippen molar-refractivity contribution in [3.05, 3.63) is 73.3 Å². The Morgan fingerprint density at radius 1 is 0.818 bits per heavy atom. The normalized spacial score (nSPS) is 11.1. The molecule has 0 atom stereocenters. The van der Waals surface area contributed by atoms with E-state index in [1.807, 2.05) is 0 Å². The molecule has 0 unspecified atom stereocenters. The van der Waals surface area contributed by atoms with Crippen LogP contribution in [-0.2, 0) is 10.0 Å². The van der Waals surface area contributed by atoms with Crippen LogP contribution < -0.4 is 4.72 Å². The van der Waals surface area contributed by atoms with Gasteiger partial charge in [0.15, 0.2) is 0 Å². The fourth-order valence-electron chi connectivity index (χ4n) is 2.05. The smallest absolute Gasteiger partial charge is 0.261 e. The Morgan fingerprint density at radius 2 is 1.50 bits per heavy atom. The van der Waals surface area contributed by atoms with Crippen LogP contribution in [0.5, 0.6) is 0 Å². The van der Waals surface area contributed by atoms with Crippen molar-refractivity contribution in [2.45, 2.75) is 4.90 Å². The summed E-state index contributed by atoms with van der Waals surface area (Å²) in [6.07, 6.45) is 6.47. The van der Waals surface area contributed by atoms with Crippen LogP contribution in [0, 0.1) is 0 Å². The van der Waals surface area contributed by atoms with Crippen LogP contribution in [-0.4, -0.2) is 18.4 Å². The minimum Gasteiger partial charge on any atom is -0.279 e. The molecule has 0 radical (unpaired) electrons. The van der Waals surface area contributed by atoms with Gasteiger partial charge in [0.2, 0.25) is 0 Å². The molecule has 110 valence electrons. The molecule has 5 nitrogen and oxygen atoms in total. The summed E-state index contributed by atoms with van der Waals surface area (Å²) in [4.78, 5) is 8.25. The van der Waals surface area contributed by atoms with Gasteiger partial charge < -0.3 is 0 Å². The lowest BCUT2D eigenvalue weighted by Gasteiger charge is -2.12. The third kappa shape index (κ3) is 2.96. The van der Waals surface area contributed by atoms with Crippen LogP contribution in [0.4, 0.5) is 5.69 Å². The summed E-state index contributed by atoms with van der Waals surface area (Å²) >= 11 is 0. The van der Waals surface area contributed by atoms with E-state index in [9.17, 15) is 8.42 Å². The molecule has 2 aromatic heterocycles. The second-order valence-corrected chi connectivity index (χ2v) is 6.26. The first-order valence-electron chi connectivity index (χ1n) is 6.59. The van der Waals surface area contributed by atoms with Gasteiger partial charge in [-0.2, -0.15) is 0 Å². The largest absolute Gasteiger partial charge is 0.279 e. The zero-order valence-corrected chi connectivity index (χ0v) is 12.4. The molecule has 3 aromatic rings. The van der Waals surface area contributed by atoms with E-state index in [4.69, 9.17) is 0 Å². The zero-order chi connectivity index (χ0) is 15.4. The first-order chi connectivity index (χ1) is 10.7. The number of aromatic nitrogens is 2. The van der Waals surface area contributed by atoms with Gasteiger partial charge in [-0.15, -0.1) is 0 Å². The van der Waals surface area contributed by atoms with E-state index in [0.29, 0.717) is 11.3 Å². The summed E-state index contributed by atoms with van der Waals surface area (Å²) in [6, 6.07) is 13.5. The summed E-state index contributed by atoms with van der Waals surface area (Å²) in [5, 5.41) is 0. The number of nitrogens with one attached hydrogen (secondary N) is 1. The number of hydrogen-bond acceptors (Lipinski definition) is 4. The maximum atomic E-state index is 12.4. The van der Waals surface area contributed by atoms with Crippen LogP contribution in [0.15, 0.2) is 78.2 Å². The summed E-state index contributed by atoms with van der Waals surface area (Å²) in [6.45, 7) is 0. The highest BCUT2D eigenvalue weighted by Crippen LogP contribution is 2.28. The molecular weight excluding hydrogens is 298 g/mol. The first kappa shape index (κ1) is 14.2. The van der Waals surface area contributed by atoms with Crippen LogP contribution in [0.1, 0.15) is 0 Å². The molecule has 0 bridgehead atoms. The first-order valence-corrected chi connectivity index (χ1v) is 8.07. The van der Waals surface area contributed by atoms with Gasteiger partial charge in [0.1, 0.15) is 0 Å². The molecule has 0 spiro atoms. The van der Waals surface area contributed by atoms with Gasteiger partial charge >= 0.3 is 0 Å². The van der Waals surface area contributed by atoms with Crippen LogP contribution in [0.3, 0.4) is 0 Å². The van der Waals surface area contributed by atoms with E-state index >= 15 is 0 Å². The number of sulfonamides is 1. The Kier molecular flexibility index (Phi) is 3.84. The predicted molar refractivity (Wildman–Crippen MR) is 84.7 cm³/mol. The highest BCUT2D eigenvalue weighted by atomic mass is 32.2. The van der Waals surface area contributed by atoms with E-state index in [0.717, 1.165) is 5.56 Å². The molecule has 1 N–H and O–H groups in total. The maximum absolute atomic E-state index is 12.4. The molecule has 1 aromatic carbocycles. The quantitative estimate of drug-likeness (QED) is 0.804. The number of anilines is 1. The van der Waals surface area contributed by atoms with E-state index in [1.54, 1.807) is 73.3 Å². The summed E-state index contributed by atoms with van der Waals surface area (Å²) < 4.78 is 27.5. The average Bonchev–Trinajstić information content (AvgIpc) is 2.57. The molecule has 0 aliphatic heterocycles. The molecule has 0 fully saturated rings. The van der Waals surface area contributed by atoms with Gasteiger partial charge in [0, 0.05) is 30.4 Å². The second-order valence-electron chi connectivity index (χ2n) is 4.58. The fourth-order valence-corrected chi connectivity index (χ4v) is 3.15. The van der Waals surface area contributed by atoms with Crippen molar-refractivity contribution >= 4 is 15.7 Å².